The molecule has 1 atom stereocenters. The number of benzene rings is 2. The molecular weight excluding hydrogens is 383 g/mol. The van der Waals surface area contributed by atoms with Gasteiger partial charge >= 0.3 is 12.3 Å². The van der Waals surface area contributed by atoms with Gasteiger partial charge in [0.25, 0.3) is 0 Å². The number of nitrogens with one attached hydrogen (secondary N) is 1. The van der Waals surface area contributed by atoms with Crippen molar-refractivity contribution in [3.05, 3.63) is 64.2 Å². The third-order valence-corrected chi connectivity index (χ3v) is 5.66. The number of ether oxygens (including phenoxy) is 2. The van der Waals surface area contributed by atoms with Crippen molar-refractivity contribution in [2.24, 2.45) is 0 Å². The molecule has 0 aliphatic carbocycles. The van der Waals surface area contributed by atoms with Crippen LogP contribution in [0, 0.1) is 6.92 Å². The number of piperidine rings is 1. The van der Waals surface area contributed by atoms with Crippen molar-refractivity contribution in [3.63, 3.8) is 0 Å². The Bertz CT molecular complexity index is 920. The molecular formula is C22H22F3NO3. The minimum Gasteiger partial charge on any atom is -0.454 e. The van der Waals surface area contributed by atoms with Crippen LogP contribution in [0.15, 0.2) is 36.4 Å². The van der Waals surface area contributed by atoms with Gasteiger partial charge in [-0.1, -0.05) is 18.2 Å². The first-order valence-corrected chi connectivity index (χ1v) is 9.71. The summed E-state index contributed by atoms with van der Waals surface area (Å²) in [6.45, 7) is 3.67. The minimum absolute atomic E-state index is 0.255. The van der Waals surface area contributed by atoms with E-state index >= 15 is 0 Å². The topological polar surface area (TPSA) is 47.6 Å². The number of hydrogen-bond acceptors (Lipinski definition) is 4. The summed E-state index contributed by atoms with van der Waals surface area (Å²) in [5.74, 6) is -0.151. The van der Waals surface area contributed by atoms with E-state index in [-0.39, 0.29) is 11.7 Å². The summed E-state index contributed by atoms with van der Waals surface area (Å²) in [5, 5.41) is 3.34. The fourth-order valence-corrected chi connectivity index (χ4v) is 4.14. The molecule has 4 rings (SSSR count). The highest BCUT2D eigenvalue weighted by Crippen LogP contribution is 2.37. The Morgan fingerprint density at radius 2 is 1.90 bits per heavy atom. The minimum atomic E-state index is -4.72. The molecule has 1 fully saturated rings. The lowest BCUT2D eigenvalue weighted by atomic mass is 9.87. The molecule has 29 heavy (non-hydrogen) atoms. The molecule has 7 heteroatoms. The molecule has 0 aromatic heterocycles. The molecule has 0 amide bonds. The molecule has 2 aliphatic rings. The zero-order valence-corrected chi connectivity index (χ0v) is 16.0. The predicted octanol–water partition coefficient (Wildman–Crippen LogP) is 4.81. The van der Waals surface area contributed by atoms with Crippen molar-refractivity contribution < 1.29 is 27.4 Å². The summed E-state index contributed by atoms with van der Waals surface area (Å²) in [6.07, 6.45) is -2.66. The lowest BCUT2D eigenvalue weighted by Crippen LogP contribution is -2.26. The van der Waals surface area contributed by atoms with E-state index in [2.05, 4.69) is 16.1 Å². The van der Waals surface area contributed by atoms with Gasteiger partial charge in [0, 0.05) is 12.0 Å². The van der Waals surface area contributed by atoms with Crippen LogP contribution in [0.4, 0.5) is 13.2 Å². The lowest BCUT2D eigenvalue weighted by Gasteiger charge is -2.23. The van der Waals surface area contributed by atoms with Gasteiger partial charge in [0.2, 0.25) is 0 Å². The van der Waals surface area contributed by atoms with Gasteiger partial charge in [0.05, 0.1) is 5.56 Å². The average molecular weight is 405 g/mol. The monoisotopic (exact) mass is 405 g/mol. The Hall–Kier alpha value is -2.54. The Labute approximate surface area is 167 Å². The van der Waals surface area contributed by atoms with Crippen molar-refractivity contribution in [3.8, 4) is 5.75 Å². The Morgan fingerprint density at radius 3 is 2.59 bits per heavy atom. The molecule has 0 saturated carbocycles. The maximum Gasteiger partial charge on any atom is 0.573 e. The summed E-state index contributed by atoms with van der Waals surface area (Å²) in [6, 6.07) is 10.2. The number of aryl methyl sites for hydroxylation is 1. The van der Waals surface area contributed by atoms with Gasteiger partial charge < -0.3 is 14.8 Å². The molecule has 1 saturated heterocycles. The number of rotatable bonds is 4. The van der Waals surface area contributed by atoms with Crippen molar-refractivity contribution in [1.82, 2.24) is 5.32 Å². The van der Waals surface area contributed by atoms with Crippen molar-refractivity contribution in [2.45, 2.75) is 44.6 Å². The van der Waals surface area contributed by atoms with Gasteiger partial charge in [0.1, 0.15) is 11.9 Å². The molecule has 1 unspecified atom stereocenters. The van der Waals surface area contributed by atoms with E-state index in [4.69, 9.17) is 4.74 Å². The Morgan fingerprint density at radius 1 is 1.14 bits per heavy atom. The SMILES string of the molecule is Cc1cc(OC(F)(F)F)ccc1CC1OC(=O)c2cc(C3CCNCC3)ccc21. The van der Waals surface area contributed by atoms with Crippen LogP contribution >= 0.6 is 0 Å². The largest absolute Gasteiger partial charge is 0.573 e. The number of halogens is 3. The zero-order chi connectivity index (χ0) is 20.6. The smallest absolute Gasteiger partial charge is 0.454 e. The lowest BCUT2D eigenvalue weighted by molar-refractivity contribution is -0.274. The first-order valence-electron chi connectivity index (χ1n) is 9.71. The molecule has 0 bridgehead atoms. The third kappa shape index (κ3) is 4.40. The van der Waals surface area contributed by atoms with Crippen LogP contribution in [-0.2, 0) is 11.2 Å². The molecule has 2 heterocycles. The number of hydrogen-bond donors (Lipinski definition) is 1. The summed E-state index contributed by atoms with van der Waals surface area (Å²) in [5.41, 5.74) is 4.06. The Kier molecular flexibility index (Phi) is 5.25. The second kappa shape index (κ2) is 7.71. The average Bonchev–Trinajstić information content (AvgIpc) is 2.98. The fraction of sp³-hybridized carbons (Fsp3) is 0.409. The van der Waals surface area contributed by atoms with Crippen LogP contribution in [0.3, 0.4) is 0 Å². The second-order valence-electron chi connectivity index (χ2n) is 7.61. The number of carbonyl (C=O) groups is 1. The van der Waals surface area contributed by atoms with E-state index in [0.29, 0.717) is 23.5 Å². The van der Waals surface area contributed by atoms with Crippen LogP contribution in [-0.4, -0.2) is 25.4 Å². The van der Waals surface area contributed by atoms with Gasteiger partial charge in [-0.2, -0.15) is 0 Å². The van der Waals surface area contributed by atoms with Gasteiger partial charge in [0.15, 0.2) is 0 Å². The highest BCUT2D eigenvalue weighted by Gasteiger charge is 2.33. The molecule has 154 valence electrons. The van der Waals surface area contributed by atoms with Crippen LogP contribution in [0.25, 0.3) is 0 Å². The van der Waals surface area contributed by atoms with Crippen molar-refractivity contribution in [1.29, 1.82) is 0 Å². The summed E-state index contributed by atoms with van der Waals surface area (Å²) in [7, 11) is 0. The van der Waals surface area contributed by atoms with Crippen LogP contribution in [0.5, 0.6) is 5.75 Å². The number of fused-ring (bicyclic) bond motifs is 1. The second-order valence-corrected chi connectivity index (χ2v) is 7.61. The van der Waals surface area contributed by atoms with E-state index in [0.717, 1.165) is 42.6 Å². The van der Waals surface area contributed by atoms with Crippen LogP contribution in [0.2, 0.25) is 0 Å². The Balaban J connectivity index is 1.52. The van der Waals surface area contributed by atoms with Gasteiger partial charge in [-0.25, -0.2) is 4.79 Å². The highest BCUT2D eigenvalue weighted by molar-refractivity contribution is 5.94. The number of esters is 1. The van der Waals surface area contributed by atoms with Crippen LogP contribution < -0.4 is 10.1 Å². The van der Waals surface area contributed by atoms with Gasteiger partial charge in [-0.15, -0.1) is 13.2 Å². The molecule has 4 nitrogen and oxygen atoms in total. The number of carbonyl (C=O) groups excluding carboxylic acids is 1. The predicted molar refractivity (Wildman–Crippen MR) is 101 cm³/mol. The van der Waals surface area contributed by atoms with E-state index in [1.807, 2.05) is 12.1 Å². The molecule has 0 spiro atoms. The normalized spacial score (nSPS) is 19.7. The molecule has 0 radical (unpaired) electrons. The third-order valence-electron chi connectivity index (χ3n) is 5.66. The van der Waals surface area contributed by atoms with E-state index in [1.165, 1.54) is 12.1 Å². The summed E-state index contributed by atoms with van der Waals surface area (Å²) >= 11 is 0. The quantitative estimate of drug-likeness (QED) is 0.742. The zero-order valence-electron chi connectivity index (χ0n) is 16.0. The van der Waals surface area contributed by atoms with Gasteiger partial charge in [-0.3, -0.25) is 0 Å². The standard InChI is InChI=1S/C22H22F3NO3/c1-13-10-17(29-22(23,24)25)4-2-15(13)12-20-18-5-3-16(11-19(18)21(27)28-20)14-6-8-26-9-7-14/h2-5,10-11,14,20,26H,6-9,12H2,1H3. The maximum absolute atomic E-state index is 12.4. The van der Waals surface area contributed by atoms with Crippen molar-refractivity contribution >= 4 is 5.97 Å². The number of cyclic esters (lactones) is 1. The highest BCUT2D eigenvalue weighted by atomic mass is 19.4. The molecule has 2 aromatic rings. The van der Waals surface area contributed by atoms with E-state index in [9.17, 15) is 18.0 Å². The van der Waals surface area contributed by atoms with Crippen molar-refractivity contribution in [2.75, 3.05) is 13.1 Å². The first-order chi connectivity index (χ1) is 13.8. The maximum atomic E-state index is 12.4. The molecule has 1 N–H and O–H groups in total. The van der Waals surface area contributed by atoms with E-state index in [1.54, 1.807) is 13.0 Å². The summed E-state index contributed by atoms with van der Waals surface area (Å²) < 4.78 is 46.7. The van der Waals surface area contributed by atoms with E-state index < -0.39 is 12.5 Å². The first kappa shape index (κ1) is 19.8. The fourth-order valence-electron chi connectivity index (χ4n) is 4.14. The number of alkyl halides is 3. The summed E-state index contributed by atoms with van der Waals surface area (Å²) in [4.78, 5) is 12.4. The molecule has 2 aliphatic heterocycles. The van der Waals surface area contributed by atoms with Gasteiger partial charge in [-0.05, 0) is 73.7 Å². The van der Waals surface area contributed by atoms with Crippen LogP contribution in [0.1, 0.15) is 57.5 Å². The molecule has 2 aromatic carbocycles.